The Labute approximate surface area is 179 Å². The number of halogens is 1. The van der Waals surface area contributed by atoms with Crippen LogP contribution in [-0.4, -0.2) is 27.3 Å². The fourth-order valence-corrected chi connectivity index (χ4v) is 5.09. The number of pyridine rings is 1. The molecule has 1 aliphatic carbocycles. The molecule has 154 valence electrons. The molecule has 0 unspecified atom stereocenters. The van der Waals surface area contributed by atoms with Gasteiger partial charge >= 0.3 is 0 Å². The Balaban J connectivity index is 1.46. The van der Waals surface area contributed by atoms with E-state index in [9.17, 15) is 9.18 Å². The average Bonchev–Trinajstić information content (AvgIpc) is 3.26. The monoisotopic (exact) mass is 411 g/mol. The summed E-state index contributed by atoms with van der Waals surface area (Å²) in [5, 5.41) is 1.78. The van der Waals surface area contributed by atoms with Crippen molar-refractivity contribution in [2.75, 3.05) is 6.54 Å². The number of H-pyrrole nitrogens is 1. The zero-order valence-corrected chi connectivity index (χ0v) is 17.5. The molecule has 5 heteroatoms. The number of aromatic nitrogens is 2. The van der Waals surface area contributed by atoms with Gasteiger partial charge in [-0.2, -0.15) is 0 Å². The van der Waals surface area contributed by atoms with Crippen LogP contribution in [0.25, 0.3) is 27.5 Å². The molecule has 0 saturated heterocycles. The summed E-state index contributed by atoms with van der Waals surface area (Å²) in [6, 6.07) is 12.7. The molecule has 0 fully saturated rings. The van der Waals surface area contributed by atoms with E-state index in [4.69, 9.17) is 4.98 Å². The quantitative estimate of drug-likeness (QED) is 0.485. The maximum atomic E-state index is 14.1. The molecule has 4 nitrogen and oxygen atoms in total. The maximum Gasteiger partial charge on any atom is 0.259 e. The standard InChI is InChI=1S/C26H22FN3O/c1-26(2)12-21-24-22(13-26)30(10-9-15-14-28-19-6-4-3-5-17(15)19)25(31)23(24)18-11-16(27)7-8-20(18)29-21/h3-8,11,13-14,28H,9-10,12H2,1-2H3. The van der Waals surface area contributed by atoms with Gasteiger partial charge < -0.3 is 9.88 Å². The van der Waals surface area contributed by atoms with Crippen LogP contribution in [0.15, 0.2) is 54.7 Å². The predicted octanol–water partition coefficient (Wildman–Crippen LogP) is 5.48. The van der Waals surface area contributed by atoms with E-state index in [0.29, 0.717) is 23.0 Å². The Morgan fingerprint density at radius 2 is 1.97 bits per heavy atom. The minimum Gasteiger partial charge on any atom is -0.361 e. The summed E-state index contributed by atoms with van der Waals surface area (Å²) < 4.78 is 14.1. The molecule has 0 bridgehead atoms. The average molecular weight is 411 g/mol. The Morgan fingerprint density at radius 1 is 1.13 bits per heavy atom. The first-order valence-electron chi connectivity index (χ1n) is 10.6. The van der Waals surface area contributed by atoms with E-state index in [1.54, 1.807) is 6.07 Å². The van der Waals surface area contributed by atoms with Crippen LogP contribution in [0.3, 0.4) is 0 Å². The summed E-state index contributed by atoms with van der Waals surface area (Å²) in [4.78, 5) is 23.6. The third kappa shape index (κ3) is 2.73. The zero-order valence-electron chi connectivity index (χ0n) is 17.5. The topological polar surface area (TPSA) is 49.0 Å². The number of nitrogens with one attached hydrogen (secondary N) is 1. The minimum atomic E-state index is -0.350. The van der Waals surface area contributed by atoms with Gasteiger partial charge in [-0.1, -0.05) is 38.1 Å². The van der Waals surface area contributed by atoms with Gasteiger partial charge in [0.25, 0.3) is 5.91 Å². The number of carbonyl (C=O) groups excluding carboxylic acids is 1. The smallest absolute Gasteiger partial charge is 0.259 e. The van der Waals surface area contributed by atoms with Crippen molar-refractivity contribution >= 4 is 33.4 Å². The van der Waals surface area contributed by atoms with Crippen molar-refractivity contribution in [2.45, 2.75) is 26.7 Å². The molecule has 0 saturated carbocycles. The minimum absolute atomic E-state index is 0.0574. The highest BCUT2D eigenvalue weighted by atomic mass is 19.1. The summed E-state index contributed by atoms with van der Waals surface area (Å²) in [5.41, 5.74) is 6.19. The van der Waals surface area contributed by atoms with Gasteiger partial charge in [0.1, 0.15) is 5.82 Å². The van der Waals surface area contributed by atoms with Crippen molar-refractivity contribution in [2.24, 2.45) is 5.41 Å². The molecule has 6 rings (SSSR count). The number of hydrogen-bond donors (Lipinski definition) is 1. The van der Waals surface area contributed by atoms with E-state index in [-0.39, 0.29) is 17.1 Å². The second kappa shape index (κ2) is 6.27. The van der Waals surface area contributed by atoms with Gasteiger partial charge in [0.15, 0.2) is 0 Å². The van der Waals surface area contributed by atoms with E-state index < -0.39 is 0 Å². The summed E-state index contributed by atoms with van der Waals surface area (Å²) in [7, 11) is 0. The van der Waals surface area contributed by atoms with Gasteiger partial charge in [0, 0.05) is 34.6 Å². The molecule has 2 aromatic heterocycles. The molecule has 2 aromatic carbocycles. The van der Waals surface area contributed by atoms with Crippen molar-refractivity contribution in [3.8, 4) is 0 Å². The van der Waals surface area contributed by atoms with Gasteiger partial charge in [-0.15, -0.1) is 0 Å². The number of rotatable bonds is 3. The van der Waals surface area contributed by atoms with Crippen molar-refractivity contribution in [1.82, 2.24) is 14.9 Å². The first-order valence-corrected chi connectivity index (χ1v) is 10.6. The molecular formula is C26H22FN3O. The fraction of sp³-hybridized carbons (Fsp3) is 0.231. The third-order valence-corrected chi connectivity index (χ3v) is 6.46. The molecule has 0 atom stereocenters. The van der Waals surface area contributed by atoms with Crippen LogP contribution in [0.4, 0.5) is 4.39 Å². The lowest BCUT2D eigenvalue weighted by atomic mass is 9.79. The molecule has 0 spiro atoms. The van der Waals surface area contributed by atoms with Crippen LogP contribution in [-0.2, 0) is 12.8 Å². The second-order valence-electron chi connectivity index (χ2n) is 9.23. The number of allylic oxidation sites excluding steroid dienone is 1. The van der Waals surface area contributed by atoms with Gasteiger partial charge in [-0.3, -0.25) is 9.78 Å². The van der Waals surface area contributed by atoms with Crippen LogP contribution >= 0.6 is 0 Å². The van der Waals surface area contributed by atoms with Crippen molar-refractivity contribution < 1.29 is 9.18 Å². The number of aromatic amines is 1. The zero-order chi connectivity index (χ0) is 21.3. The summed E-state index contributed by atoms with van der Waals surface area (Å²) >= 11 is 0. The molecule has 0 radical (unpaired) electrons. The Kier molecular flexibility index (Phi) is 3.70. The lowest BCUT2D eigenvalue weighted by molar-refractivity contribution is 0.0852. The number of para-hydroxylation sites is 1. The summed E-state index contributed by atoms with van der Waals surface area (Å²) in [5.74, 6) is -0.407. The highest BCUT2D eigenvalue weighted by molar-refractivity contribution is 6.17. The molecule has 3 heterocycles. The van der Waals surface area contributed by atoms with E-state index in [1.807, 2.05) is 23.2 Å². The van der Waals surface area contributed by atoms with Crippen molar-refractivity contribution in [3.63, 3.8) is 0 Å². The second-order valence-corrected chi connectivity index (χ2v) is 9.23. The Hall–Kier alpha value is -3.47. The number of fused-ring (bicyclic) bond motifs is 3. The number of hydrogen-bond acceptors (Lipinski definition) is 2. The molecule has 2 aliphatic rings. The van der Waals surface area contributed by atoms with Crippen molar-refractivity contribution in [3.05, 3.63) is 82.9 Å². The van der Waals surface area contributed by atoms with Crippen LogP contribution in [0.5, 0.6) is 0 Å². The lowest BCUT2D eigenvalue weighted by Gasteiger charge is -2.30. The summed E-state index contributed by atoms with van der Waals surface area (Å²) in [6.45, 7) is 4.90. The SMILES string of the molecule is CC1(C)C=C2c3c(nc4ccc(F)cc4c3C(=O)N2CCc2c[nH]c3ccccc23)C1. The number of amides is 1. The number of carbonyl (C=O) groups is 1. The molecular weight excluding hydrogens is 389 g/mol. The van der Waals surface area contributed by atoms with Gasteiger partial charge in [0.05, 0.1) is 22.5 Å². The molecule has 4 aromatic rings. The molecule has 1 N–H and O–H groups in total. The maximum absolute atomic E-state index is 14.1. The molecule has 1 amide bonds. The van der Waals surface area contributed by atoms with E-state index >= 15 is 0 Å². The van der Waals surface area contributed by atoms with Gasteiger partial charge in [-0.05, 0) is 48.1 Å². The summed E-state index contributed by atoms with van der Waals surface area (Å²) in [6.07, 6.45) is 5.70. The van der Waals surface area contributed by atoms with Crippen LogP contribution < -0.4 is 0 Å². The van der Waals surface area contributed by atoms with E-state index in [1.165, 1.54) is 23.1 Å². The van der Waals surface area contributed by atoms with Crippen LogP contribution in [0, 0.1) is 11.2 Å². The highest BCUT2D eigenvalue weighted by Crippen LogP contribution is 2.45. The van der Waals surface area contributed by atoms with Crippen LogP contribution in [0.1, 0.15) is 41.0 Å². The first kappa shape index (κ1) is 18.3. The molecule has 1 aliphatic heterocycles. The highest BCUT2D eigenvalue weighted by Gasteiger charge is 2.41. The number of nitrogens with zero attached hydrogens (tertiary/aromatic N) is 2. The van der Waals surface area contributed by atoms with E-state index in [0.717, 1.165) is 35.3 Å². The fourth-order valence-electron chi connectivity index (χ4n) is 5.09. The van der Waals surface area contributed by atoms with Gasteiger partial charge in [-0.25, -0.2) is 4.39 Å². The Bertz CT molecular complexity index is 1430. The largest absolute Gasteiger partial charge is 0.361 e. The van der Waals surface area contributed by atoms with E-state index in [2.05, 4.69) is 37.0 Å². The van der Waals surface area contributed by atoms with Crippen molar-refractivity contribution in [1.29, 1.82) is 0 Å². The third-order valence-electron chi connectivity index (χ3n) is 6.46. The Morgan fingerprint density at radius 3 is 2.84 bits per heavy atom. The normalized spacial score (nSPS) is 16.8. The lowest BCUT2D eigenvalue weighted by Crippen LogP contribution is -2.28. The number of benzene rings is 2. The predicted molar refractivity (Wildman–Crippen MR) is 120 cm³/mol. The first-order chi connectivity index (χ1) is 14.9. The van der Waals surface area contributed by atoms with Crippen LogP contribution in [0.2, 0.25) is 0 Å². The van der Waals surface area contributed by atoms with Gasteiger partial charge in [0.2, 0.25) is 0 Å². The molecule has 31 heavy (non-hydrogen) atoms.